The van der Waals surface area contributed by atoms with E-state index in [-0.39, 0.29) is 0 Å². The first-order valence-corrected chi connectivity index (χ1v) is 6.54. The minimum atomic E-state index is -0.650. The van der Waals surface area contributed by atoms with E-state index in [1.807, 2.05) is 12.3 Å². The van der Waals surface area contributed by atoms with Gasteiger partial charge < -0.3 is 5.11 Å². The fraction of sp³-hybridized carbons (Fsp3) is 0.667. The van der Waals surface area contributed by atoms with Crippen molar-refractivity contribution in [2.24, 2.45) is 11.3 Å². The van der Waals surface area contributed by atoms with Gasteiger partial charge in [-0.1, -0.05) is 6.92 Å². The minimum Gasteiger partial charge on any atom is -0.481 e. The van der Waals surface area contributed by atoms with Gasteiger partial charge in [-0.15, -0.1) is 11.3 Å². The first kappa shape index (κ1) is 11.6. The number of rotatable bonds is 3. The number of hydrogen-bond donors (Lipinski definition) is 1. The first-order valence-electron chi connectivity index (χ1n) is 5.66. The molecule has 88 valence electrons. The zero-order chi connectivity index (χ0) is 11.8. The SMILES string of the molecule is Cc1nc(CC2(C(=O)O)CCC(C)C2)cs1. The Labute approximate surface area is 99.5 Å². The molecule has 1 N–H and O–H groups in total. The lowest BCUT2D eigenvalue weighted by Crippen LogP contribution is -2.30. The highest BCUT2D eigenvalue weighted by molar-refractivity contribution is 7.09. The molecule has 3 nitrogen and oxygen atoms in total. The van der Waals surface area contributed by atoms with Gasteiger partial charge in [-0.25, -0.2) is 4.98 Å². The number of carboxylic acids is 1. The normalized spacial score (nSPS) is 29.5. The number of aryl methyl sites for hydroxylation is 1. The lowest BCUT2D eigenvalue weighted by Gasteiger charge is -2.23. The van der Waals surface area contributed by atoms with E-state index in [1.54, 1.807) is 11.3 Å². The molecule has 0 aromatic carbocycles. The van der Waals surface area contributed by atoms with Crippen LogP contribution >= 0.6 is 11.3 Å². The van der Waals surface area contributed by atoms with Gasteiger partial charge in [-0.2, -0.15) is 0 Å². The number of aliphatic carboxylic acids is 1. The van der Waals surface area contributed by atoms with E-state index >= 15 is 0 Å². The average molecular weight is 239 g/mol. The summed E-state index contributed by atoms with van der Waals surface area (Å²) in [6, 6.07) is 0. The fourth-order valence-electron chi connectivity index (χ4n) is 2.66. The highest BCUT2D eigenvalue weighted by atomic mass is 32.1. The van der Waals surface area contributed by atoms with Crippen molar-refractivity contribution in [1.82, 2.24) is 4.98 Å². The number of carbonyl (C=O) groups is 1. The molecule has 1 aliphatic rings. The zero-order valence-corrected chi connectivity index (χ0v) is 10.5. The largest absolute Gasteiger partial charge is 0.481 e. The molecule has 0 amide bonds. The molecule has 0 spiro atoms. The van der Waals surface area contributed by atoms with Gasteiger partial charge in [0.15, 0.2) is 0 Å². The molecular weight excluding hydrogens is 222 g/mol. The predicted octanol–water partition coefficient (Wildman–Crippen LogP) is 2.89. The number of carboxylic acid groups (broad SMARTS) is 1. The topological polar surface area (TPSA) is 50.2 Å². The van der Waals surface area contributed by atoms with Crippen molar-refractivity contribution in [3.05, 3.63) is 16.1 Å². The van der Waals surface area contributed by atoms with Gasteiger partial charge in [0, 0.05) is 11.8 Å². The van der Waals surface area contributed by atoms with Crippen molar-refractivity contribution in [1.29, 1.82) is 0 Å². The number of nitrogens with zero attached hydrogens (tertiary/aromatic N) is 1. The molecule has 1 aromatic rings. The van der Waals surface area contributed by atoms with Crippen LogP contribution in [0, 0.1) is 18.3 Å². The lowest BCUT2D eigenvalue weighted by atomic mass is 9.81. The average Bonchev–Trinajstić information content (AvgIpc) is 2.75. The van der Waals surface area contributed by atoms with Crippen LogP contribution in [0.5, 0.6) is 0 Å². The monoisotopic (exact) mass is 239 g/mol. The van der Waals surface area contributed by atoms with Gasteiger partial charge in [0.25, 0.3) is 0 Å². The molecular formula is C12H17NO2S. The molecule has 4 heteroatoms. The van der Waals surface area contributed by atoms with E-state index in [9.17, 15) is 9.90 Å². The van der Waals surface area contributed by atoms with Gasteiger partial charge in [0.05, 0.1) is 16.1 Å². The second-order valence-corrected chi connectivity index (χ2v) is 6.03. The first-order chi connectivity index (χ1) is 7.52. The van der Waals surface area contributed by atoms with Crippen LogP contribution in [0.4, 0.5) is 0 Å². The van der Waals surface area contributed by atoms with E-state index in [0.29, 0.717) is 12.3 Å². The Balaban J connectivity index is 2.18. The molecule has 2 rings (SSSR count). The smallest absolute Gasteiger partial charge is 0.310 e. The van der Waals surface area contributed by atoms with Gasteiger partial charge in [0.2, 0.25) is 0 Å². The molecule has 0 bridgehead atoms. The molecule has 2 unspecified atom stereocenters. The maximum atomic E-state index is 11.5. The Bertz CT molecular complexity index is 401. The molecule has 1 aromatic heterocycles. The maximum Gasteiger partial charge on any atom is 0.310 e. The van der Waals surface area contributed by atoms with Crippen molar-refractivity contribution in [3.8, 4) is 0 Å². The third kappa shape index (κ3) is 2.12. The Hall–Kier alpha value is -0.900. The van der Waals surface area contributed by atoms with Gasteiger partial charge in [0.1, 0.15) is 0 Å². The van der Waals surface area contributed by atoms with Crippen LogP contribution in [-0.4, -0.2) is 16.1 Å². The lowest BCUT2D eigenvalue weighted by molar-refractivity contribution is -0.148. The second kappa shape index (κ2) is 4.17. The summed E-state index contributed by atoms with van der Waals surface area (Å²) in [5.41, 5.74) is 0.388. The minimum absolute atomic E-state index is 0.524. The maximum absolute atomic E-state index is 11.5. The van der Waals surface area contributed by atoms with Crippen molar-refractivity contribution in [3.63, 3.8) is 0 Å². The van der Waals surface area contributed by atoms with Gasteiger partial charge >= 0.3 is 5.97 Å². The van der Waals surface area contributed by atoms with Gasteiger partial charge in [-0.05, 0) is 32.1 Å². The third-order valence-corrected chi connectivity index (χ3v) is 4.32. The van der Waals surface area contributed by atoms with Gasteiger partial charge in [-0.3, -0.25) is 4.79 Å². The van der Waals surface area contributed by atoms with Crippen LogP contribution in [0.2, 0.25) is 0 Å². The van der Waals surface area contributed by atoms with Crippen LogP contribution in [0.15, 0.2) is 5.38 Å². The quantitative estimate of drug-likeness (QED) is 0.882. The van der Waals surface area contributed by atoms with E-state index in [0.717, 1.165) is 30.0 Å². The van der Waals surface area contributed by atoms with Crippen LogP contribution in [0.3, 0.4) is 0 Å². The summed E-state index contributed by atoms with van der Waals surface area (Å²) in [5, 5.41) is 12.4. The molecule has 1 heterocycles. The molecule has 1 saturated carbocycles. The number of thiazole rings is 1. The molecule has 1 fully saturated rings. The molecule has 1 aliphatic carbocycles. The van der Waals surface area contributed by atoms with Crippen molar-refractivity contribution in [2.45, 2.75) is 39.5 Å². The summed E-state index contributed by atoms with van der Waals surface area (Å²) in [6.07, 6.45) is 3.20. The molecule has 2 atom stereocenters. The summed E-state index contributed by atoms with van der Waals surface area (Å²) in [4.78, 5) is 15.8. The summed E-state index contributed by atoms with van der Waals surface area (Å²) < 4.78 is 0. The Morgan fingerprint density at radius 3 is 2.94 bits per heavy atom. The third-order valence-electron chi connectivity index (χ3n) is 3.49. The van der Waals surface area contributed by atoms with Crippen LogP contribution in [-0.2, 0) is 11.2 Å². The Morgan fingerprint density at radius 2 is 2.50 bits per heavy atom. The molecule has 16 heavy (non-hydrogen) atoms. The van der Waals surface area contributed by atoms with E-state index in [2.05, 4.69) is 11.9 Å². The van der Waals surface area contributed by atoms with Crippen molar-refractivity contribution < 1.29 is 9.90 Å². The molecule has 0 radical (unpaired) electrons. The summed E-state index contributed by atoms with van der Waals surface area (Å²) in [7, 11) is 0. The van der Waals surface area contributed by atoms with E-state index in [1.165, 1.54) is 0 Å². The predicted molar refractivity (Wildman–Crippen MR) is 63.6 cm³/mol. The van der Waals surface area contributed by atoms with Crippen LogP contribution in [0.1, 0.15) is 36.9 Å². The van der Waals surface area contributed by atoms with E-state index < -0.39 is 11.4 Å². The highest BCUT2D eigenvalue weighted by Crippen LogP contribution is 2.44. The molecule has 0 saturated heterocycles. The van der Waals surface area contributed by atoms with E-state index in [4.69, 9.17) is 0 Å². The number of hydrogen-bond acceptors (Lipinski definition) is 3. The summed E-state index contributed by atoms with van der Waals surface area (Å²) in [5.74, 6) is -0.127. The standard InChI is InChI=1S/C12H17NO2S/c1-8-3-4-12(5-8,11(14)15)6-10-7-16-9(2)13-10/h7-8H,3-6H2,1-2H3,(H,14,15). The summed E-state index contributed by atoms with van der Waals surface area (Å²) in [6.45, 7) is 4.09. The Kier molecular flexibility index (Phi) is 3.02. The molecule has 0 aliphatic heterocycles. The summed E-state index contributed by atoms with van der Waals surface area (Å²) >= 11 is 1.59. The van der Waals surface area contributed by atoms with Crippen LogP contribution in [0.25, 0.3) is 0 Å². The zero-order valence-electron chi connectivity index (χ0n) is 9.69. The fourth-order valence-corrected chi connectivity index (χ4v) is 3.27. The Morgan fingerprint density at radius 1 is 1.75 bits per heavy atom. The van der Waals surface area contributed by atoms with Crippen molar-refractivity contribution >= 4 is 17.3 Å². The van der Waals surface area contributed by atoms with Crippen LogP contribution < -0.4 is 0 Å². The highest BCUT2D eigenvalue weighted by Gasteiger charge is 2.44. The van der Waals surface area contributed by atoms with Crippen molar-refractivity contribution in [2.75, 3.05) is 0 Å². The second-order valence-electron chi connectivity index (χ2n) is 4.97. The number of aromatic nitrogens is 1.